The average molecular weight is 224 g/mol. The second kappa shape index (κ2) is 4.68. The minimum absolute atomic E-state index is 0.313. The lowest BCUT2D eigenvalue weighted by Gasteiger charge is -2.10. The van der Waals surface area contributed by atoms with Gasteiger partial charge >= 0.3 is 5.97 Å². The van der Waals surface area contributed by atoms with E-state index in [0.717, 1.165) is 17.0 Å². The van der Waals surface area contributed by atoms with Gasteiger partial charge in [0.25, 0.3) is 0 Å². The van der Waals surface area contributed by atoms with E-state index in [-0.39, 0.29) is 5.92 Å². The van der Waals surface area contributed by atoms with Crippen molar-refractivity contribution in [2.45, 2.75) is 47.1 Å². The van der Waals surface area contributed by atoms with E-state index in [0.29, 0.717) is 12.5 Å². The second-order valence-corrected chi connectivity index (χ2v) is 4.63. The number of nitrogens with zero attached hydrogens (tertiary/aromatic N) is 2. The fourth-order valence-corrected chi connectivity index (χ4v) is 1.89. The SMILES string of the molecule is Cc1nn(C(C)C)c(C)c1CC(C)C(=O)O. The molecular formula is C12H20N2O2. The predicted molar refractivity (Wildman–Crippen MR) is 62.6 cm³/mol. The number of rotatable bonds is 4. The fraction of sp³-hybridized carbons (Fsp3) is 0.667. The van der Waals surface area contributed by atoms with Gasteiger partial charge in [-0.15, -0.1) is 0 Å². The van der Waals surface area contributed by atoms with Crippen LogP contribution in [0, 0.1) is 19.8 Å². The number of hydrogen-bond donors (Lipinski definition) is 1. The standard InChI is InChI=1S/C12H20N2O2/c1-7(2)14-10(5)11(9(4)13-14)6-8(3)12(15)16/h7-8H,6H2,1-5H3,(H,15,16). The smallest absolute Gasteiger partial charge is 0.306 e. The molecular weight excluding hydrogens is 204 g/mol. The molecule has 0 amide bonds. The van der Waals surface area contributed by atoms with Gasteiger partial charge in [-0.3, -0.25) is 9.48 Å². The molecule has 1 N–H and O–H groups in total. The maximum absolute atomic E-state index is 10.8. The zero-order chi connectivity index (χ0) is 12.5. The lowest BCUT2D eigenvalue weighted by molar-refractivity contribution is -0.141. The molecule has 4 heteroatoms. The molecule has 0 saturated carbocycles. The first-order valence-electron chi connectivity index (χ1n) is 5.62. The third-order valence-corrected chi connectivity index (χ3v) is 2.90. The Kier molecular flexibility index (Phi) is 3.73. The van der Waals surface area contributed by atoms with Crippen LogP contribution in [0.3, 0.4) is 0 Å². The van der Waals surface area contributed by atoms with E-state index in [1.807, 2.05) is 18.5 Å². The Bertz CT molecular complexity index is 394. The zero-order valence-corrected chi connectivity index (χ0v) is 10.6. The third-order valence-electron chi connectivity index (χ3n) is 2.90. The molecule has 0 aromatic carbocycles. The summed E-state index contributed by atoms with van der Waals surface area (Å²) in [4.78, 5) is 10.8. The molecule has 1 aromatic heterocycles. The lowest BCUT2D eigenvalue weighted by Crippen LogP contribution is -2.13. The predicted octanol–water partition coefficient (Wildman–Crippen LogP) is 2.34. The maximum Gasteiger partial charge on any atom is 0.306 e. The van der Waals surface area contributed by atoms with E-state index >= 15 is 0 Å². The maximum atomic E-state index is 10.8. The van der Waals surface area contributed by atoms with Crippen molar-refractivity contribution >= 4 is 5.97 Å². The molecule has 0 radical (unpaired) electrons. The van der Waals surface area contributed by atoms with Gasteiger partial charge < -0.3 is 5.11 Å². The largest absolute Gasteiger partial charge is 0.481 e. The fourth-order valence-electron chi connectivity index (χ4n) is 1.89. The van der Waals surface area contributed by atoms with Crippen LogP contribution < -0.4 is 0 Å². The lowest BCUT2D eigenvalue weighted by atomic mass is 10.00. The molecule has 0 aliphatic heterocycles. The highest BCUT2D eigenvalue weighted by molar-refractivity contribution is 5.70. The number of aryl methyl sites for hydroxylation is 1. The Morgan fingerprint density at radius 3 is 2.31 bits per heavy atom. The number of carboxylic acid groups (broad SMARTS) is 1. The number of aliphatic carboxylic acids is 1. The Balaban J connectivity index is 3.01. The van der Waals surface area contributed by atoms with Crippen LogP contribution in [-0.2, 0) is 11.2 Å². The molecule has 1 atom stereocenters. The molecule has 0 aliphatic rings. The van der Waals surface area contributed by atoms with Gasteiger partial charge in [-0.2, -0.15) is 5.10 Å². The number of carbonyl (C=O) groups is 1. The van der Waals surface area contributed by atoms with E-state index in [9.17, 15) is 4.79 Å². The van der Waals surface area contributed by atoms with Gasteiger partial charge in [0.05, 0.1) is 11.6 Å². The molecule has 16 heavy (non-hydrogen) atoms. The van der Waals surface area contributed by atoms with Gasteiger partial charge in [-0.05, 0) is 39.7 Å². The summed E-state index contributed by atoms with van der Waals surface area (Å²) in [5, 5.41) is 13.4. The van der Waals surface area contributed by atoms with Gasteiger partial charge in [-0.25, -0.2) is 0 Å². The first kappa shape index (κ1) is 12.7. The highest BCUT2D eigenvalue weighted by Crippen LogP contribution is 2.20. The van der Waals surface area contributed by atoms with Crippen molar-refractivity contribution in [3.05, 3.63) is 17.0 Å². The van der Waals surface area contributed by atoms with Crippen LogP contribution in [0.1, 0.15) is 43.8 Å². The van der Waals surface area contributed by atoms with Crippen molar-refractivity contribution in [1.82, 2.24) is 9.78 Å². The third kappa shape index (κ3) is 2.43. The molecule has 90 valence electrons. The van der Waals surface area contributed by atoms with Crippen LogP contribution in [-0.4, -0.2) is 20.9 Å². The van der Waals surface area contributed by atoms with Crippen LogP contribution in [0.2, 0.25) is 0 Å². The molecule has 0 aliphatic carbocycles. The van der Waals surface area contributed by atoms with Crippen LogP contribution >= 0.6 is 0 Å². The normalized spacial score (nSPS) is 13.1. The first-order valence-corrected chi connectivity index (χ1v) is 5.62. The van der Waals surface area contributed by atoms with Gasteiger partial charge in [0, 0.05) is 11.7 Å². The highest BCUT2D eigenvalue weighted by Gasteiger charge is 2.19. The Morgan fingerprint density at radius 2 is 1.94 bits per heavy atom. The van der Waals surface area contributed by atoms with Crippen LogP contribution in [0.5, 0.6) is 0 Å². The van der Waals surface area contributed by atoms with E-state index in [2.05, 4.69) is 18.9 Å². The summed E-state index contributed by atoms with van der Waals surface area (Å²) >= 11 is 0. The van der Waals surface area contributed by atoms with Crippen molar-refractivity contribution in [2.24, 2.45) is 5.92 Å². The summed E-state index contributed by atoms with van der Waals surface area (Å²) in [6.07, 6.45) is 0.555. The van der Waals surface area contributed by atoms with Crippen molar-refractivity contribution in [2.75, 3.05) is 0 Å². The Hall–Kier alpha value is -1.32. The summed E-state index contributed by atoms with van der Waals surface area (Å²) in [5.74, 6) is -1.11. The van der Waals surface area contributed by atoms with Crippen molar-refractivity contribution < 1.29 is 9.90 Å². The van der Waals surface area contributed by atoms with Crippen LogP contribution in [0.15, 0.2) is 0 Å². The van der Waals surface area contributed by atoms with E-state index in [1.54, 1.807) is 6.92 Å². The van der Waals surface area contributed by atoms with E-state index < -0.39 is 5.97 Å². The van der Waals surface area contributed by atoms with Gasteiger partial charge in [-0.1, -0.05) is 6.92 Å². The topological polar surface area (TPSA) is 55.1 Å². The number of aromatic nitrogens is 2. The van der Waals surface area contributed by atoms with E-state index in [4.69, 9.17) is 5.11 Å². The van der Waals surface area contributed by atoms with E-state index in [1.165, 1.54) is 0 Å². The molecule has 0 bridgehead atoms. The summed E-state index contributed by atoms with van der Waals surface area (Å²) < 4.78 is 1.96. The van der Waals surface area contributed by atoms with Crippen LogP contribution in [0.4, 0.5) is 0 Å². The first-order chi connectivity index (χ1) is 7.34. The van der Waals surface area contributed by atoms with Gasteiger partial charge in [0.2, 0.25) is 0 Å². The minimum Gasteiger partial charge on any atom is -0.481 e. The zero-order valence-electron chi connectivity index (χ0n) is 10.6. The summed E-state index contributed by atoms with van der Waals surface area (Å²) in [6.45, 7) is 9.82. The van der Waals surface area contributed by atoms with Crippen molar-refractivity contribution in [1.29, 1.82) is 0 Å². The quantitative estimate of drug-likeness (QED) is 0.854. The Labute approximate surface area is 96.3 Å². The average Bonchev–Trinajstić information content (AvgIpc) is 2.45. The molecule has 0 saturated heterocycles. The second-order valence-electron chi connectivity index (χ2n) is 4.63. The van der Waals surface area contributed by atoms with Crippen LogP contribution in [0.25, 0.3) is 0 Å². The van der Waals surface area contributed by atoms with Crippen molar-refractivity contribution in [3.8, 4) is 0 Å². The van der Waals surface area contributed by atoms with Crippen molar-refractivity contribution in [3.63, 3.8) is 0 Å². The Morgan fingerprint density at radius 1 is 1.38 bits per heavy atom. The summed E-state index contributed by atoms with van der Waals surface area (Å²) in [6, 6.07) is 0.313. The molecule has 0 spiro atoms. The molecule has 1 aromatic rings. The molecule has 0 fully saturated rings. The molecule has 1 heterocycles. The molecule has 1 rings (SSSR count). The number of hydrogen-bond acceptors (Lipinski definition) is 2. The molecule has 4 nitrogen and oxygen atoms in total. The van der Waals surface area contributed by atoms with Gasteiger partial charge in [0.15, 0.2) is 0 Å². The number of carboxylic acids is 1. The molecule has 1 unspecified atom stereocenters. The highest BCUT2D eigenvalue weighted by atomic mass is 16.4. The summed E-state index contributed by atoms with van der Waals surface area (Å²) in [7, 11) is 0. The van der Waals surface area contributed by atoms with Gasteiger partial charge in [0.1, 0.15) is 0 Å². The monoisotopic (exact) mass is 224 g/mol. The summed E-state index contributed by atoms with van der Waals surface area (Å²) in [5.41, 5.74) is 3.10. The minimum atomic E-state index is -0.754.